The first-order valence-electron chi connectivity index (χ1n) is 5.80. The van der Waals surface area contributed by atoms with Crippen LogP contribution in [0.2, 0.25) is 0 Å². The molecule has 1 N–H and O–H groups in total. The van der Waals surface area contributed by atoms with Crippen molar-refractivity contribution in [2.45, 2.75) is 30.9 Å². The molecule has 1 aliphatic heterocycles. The summed E-state index contributed by atoms with van der Waals surface area (Å²) in [6, 6.07) is 0. The Morgan fingerprint density at radius 2 is 2.53 bits per heavy atom. The van der Waals surface area contributed by atoms with E-state index in [1.807, 2.05) is 6.92 Å². The molecule has 17 heavy (non-hydrogen) atoms. The lowest BCUT2D eigenvalue weighted by Crippen LogP contribution is -2.09. The first-order chi connectivity index (χ1) is 8.29. The Bertz CT molecular complexity index is 372. The van der Waals surface area contributed by atoms with Gasteiger partial charge in [0, 0.05) is 18.9 Å². The second-order valence-electron chi connectivity index (χ2n) is 3.82. The van der Waals surface area contributed by atoms with Gasteiger partial charge in [0.25, 0.3) is 0 Å². The molecule has 0 aliphatic carbocycles. The van der Waals surface area contributed by atoms with Crippen LogP contribution in [-0.4, -0.2) is 35.0 Å². The van der Waals surface area contributed by atoms with E-state index in [-0.39, 0.29) is 11.9 Å². The molecule has 0 amide bonds. The number of aromatic nitrogens is 2. The minimum atomic E-state index is -0.366. The van der Waals surface area contributed by atoms with Crippen molar-refractivity contribution in [2.24, 2.45) is 0 Å². The Hall–Kier alpha value is -0.880. The Balaban J connectivity index is 1.95. The number of anilines is 1. The number of hydrogen-bond donors (Lipinski definition) is 1. The SMILES string of the molecule is CCNc1ncc(F)c(SCC2CCCO2)n1. The maximum atomic E-state index is 13.5. The van der Waals surface area contributed by atoms with E-state index in [1.165, 1.54) is 18.0 Å². The molecule has 94 valence electrons. The van der Waals surface area contributed by atoms with E-state index in [9.17, 15) is 4.39 Å². The summed E-state index contributed by atoms with van der Waals surface area (Å²) in [5.74, 6) is 0.859. The zero-order chi connectivity index (χ0) is 12.1. The second kappa shape index (κ2) is 6.16. The van der Waals surface area contributed by atoms with Gasteiger partial charge in [-0.25, -0.2) is 14.4 Å². The smallest absolute Gasteiger partial charge is 0.223 e. The van der Waals surface area contributed by atoms with Crippen LogP contribution < -0.4 is 5.32 Å². The summed E-state index contributed by atoms with van der Waals surface area (Å²) in [7, 11) is 0. The van der Waals surface area contributed by atoms with Gasteiger partial charge in [0.05, 0.1) is 12.3 Å². The van der Waals surface area contributed by atoms with Gasteiger partial charge in [-0.15, -0.1) is 11.8 Å². The van der Waals surface area contributed by atoms with Crippen molar-refractivity contribution in [1.29, 1.82) is 0 Å². The van der Waals surface area contributed by atoms with Crippen molar-refractivity contribution < 1.29 is 9.13 Å². The molecule has 0 bridgehead atoms. The summed E-state index contributed by atoms with van der Waals surface area (Å²) in [4.78, 5) is 8.00. The number of nitrogens with one attached hydrogen (secondary N) is 1. The first kappa shape index (κ1) is 12.6. The molecule has 0 saturated carbocycles. The molecule has 2 rings (SSSR count). The van der Waals surface area contributed by atoms with Crippen LogP contribution in [0.3, 0.4) is 0 Å². The summed E-state index contributed by atoms with van der Waals surface area (Å²) < 4.78 is 19.0. The van der Waals surface area contributed by atoms with E-state index >= 15 is 0 Å². The lowest BCUT2D eigenvalue weighted by Gasteiger charge is -2.09. The van der Waals surface area contributed by atoms with Crippen LogP contribution >= 0.6 is 11.8 Å². The summed E-state index contributed by atoms with van der Waals surface area (Å²) >= 11 is 1.39. The minimum absolute atomic E-state index is 0.233. The average molecular weight is 257 g/mol. The van der Waals surface area contributed by atoms with Crippen molar-refractivity contribution in [2.75, 3.05) is 24.2 Å². The van der Waals surface area contributed by atoms with Crippen molar-refractivity contribution in [3.8, 4) is 0 Å². The number of hydrogen-bond acceptors (Lipinski definition) is 5. The van der Waals surface area contributed by atoms with Crippen LogP contribution in [0.25, 0.3) is 0 Å². The van der Waals surface area contributed by atoms with E-state index < -0.39 is 0 Å². The fourth-order valence-electron chi connectivity index (χ4n) is 1.64. The molecule has 0 aromatic carbocycles. The normalized spacial score (nSPS) is 19.5. The van der Waals surface area contributed by atoms with Crippen LogP contribution in [0.4, 0.5) is 10.3 Å². The number of ether oxygens (including phenoxy) is 1. The fourth-order valence-corrected chi connectivity index (χ4v) is 2.59. The number of nitrogens with zero attached hydrogens (tertiary/aromatic N) is 2. The van der Waals surface area contributed by atoms with Gasteiger partial charge < -0.3 is 10.1 Å². The molecule has 1 saturated heterocycles. The fraction of sp³-hybridized carbons (Fsp3) is 0.636. The molecule has 1 atom stereocenters. The van der Waals surface area contributed by atoms with Crippen molar-refractivity contribution in [3.63, 3.8) is 0 Å². The third-order valence-electron chi connectivity index (χ3n) is 2.48. The number of halogens is 1. The number of rotatable bonds is 5. The highest BCUT2D eigenvalue weighted by atomic mass is 32.2. The van der Waals surface area contributed by atoms with Gasteiger partial charge in [0.15, 0.2) is 5.82 Å². The average Bonchev–Trinajstić information content (AvgIpc) is 2.83. The number of thioether (sulfide) groups is 1. The molecule has 0 spiro atoms. The van der Waals surface area contributed by atoms with Gasteiger partial charge in [-0.05, 0) is 19.8 Å². The van der Waals surface area contributed by atoms with E-state index in [4.69, 9.17) is 4.74 Å². The van der Waals surface area contributed by atoms with Gasteiger partial charge >= 0.3 is 0 Å². The molecule has 1 fully saturated rings. The van der Waals surface area contributed by atoms with Gasteiger partial charge in [-0.2, -0.15) is 0 Å². The molecular formula is C11H16FN3OS. The molecule has 1 aromatic rings. The predicted molar refractivity (Wildman–Crippen MR) is 65.9 cm³/mol. The Morgan fingerprint density at radius 3 is 3.24 bits per heavy atom. The van der Waals surface area contributed by atoms with Crippen LogP contribution in [-0.2, 0) is 4.74 Å². The van der Waals surface area contributed by atoms with E-state index in [2.05, 4.69) is 15.3 Å². The Labute approximate surface area is 104 Å². The maximum absolute atomic E-state index is 13.5. The van der Waals surface area contributed by atoms with Crippen LogP contribution in [0.15, 0.2) is 11.2 Å². The third-order valence-corrected chi connectivity index (χ3v) is 3.57. The summed E-state index contributed by atoms with van der Waals surface area (Å²) in [6.07, 6.45) is 3.60. The van der Waals surface area contributed by atoms with Crippen LogP contribution in [0, 0.1) is 5.82 Å². The molecular weight excluding hydrogens is 241 g/mol. The molecule has 4 nitrogen and oxygen atoms in total. The van der Waals surface area contributed by atoms with Gasteiger partial charge in [-0.1, -0.05) is 0 Å². The Morgan fingerprint density at radius 1 is 1.65 bits per heavy atom. The summed E-state index contributed by atoms with van der Waals surface area (Å²) in [5.41, 5.74) is 0. The summed E-state index contributed by atoms with van der Waals surface area (Å²) in [6.45, 7) is 3.49. The van der Waals surface area contributed by atoms with Crippen molar-refractivity contribution >= 4 is 17.7 Å². The van der Waals surface area contributed by atoms with E-state index in [0.717, 1.165) is 31.7 Å². The lowest BCUT2D eigenvalue weighted by atomic mass is 10.3. The minimum Gasteiger partial charge on any atom is -0.377 e. The quantitative estimate of drug-likeness (QED) is 0.648. The highest BCUT2D eigenvalue weighted by Gasteiger charge is 2.17. The zero-order valence-corrected chi connectivity index (χ0v) is 10.6. The monoisotopic (exact) mass is 257 g/mol. The summed E-state index contributed by atoms with van der Waals surface area (Å²) in [5, 5.41) is 3.36. The highest BCUT2D eigenvalue weighted by molar-refractivity contribution is 7.99. The predicted octanol–water partition coefficient (Wildman–Crippen LogP) is 2.32. The van der Waals surface area contributed by atoms with Crippen molar-refractivity contribution in [1.82, 2.24) is 9.97 Å². The molecule has 2 heterocycles. The molecule has 1 aliphatic rings. The van der Waals surface area contributed by atoms with Crippen molar-refractivity contribution in [3.05, 3.63) is 12.0 Å². The molecule has 1 unspecified atom stereocenters. The van der Waals surface area contributed by atoms with E-state index in [0.29, 0.717) is 11.0 Å². The highest BCUT2D eigenvalue weighted by Crippen LogP contribution is 2.24. The largest absolute Gasteiger partial charge is 0.377 e. The standard InChI is InChI=1S/C11H16FN3OS/c1-2-13-11-14-6-9(12)10(15-11)17-7-8-4-3-5-16-8/h6,8H,2-5,7H2,1H3,(H,13,14,15). The van der Waals surface area contributed by atoms with Gasteiger partial charge in [-0.3, -0.25) is 0 Å². The van der Waals surface area contributed by atoms with Crippen LogP contribution in [0.1, 0.15) is 19.8 Å². The van der Waals surface area contributed by atoms with E-state index in [1.54, 1.807) is 0 Å². The maximum Gasteiger partial charge on any atom is 0.223 e. The molecule has 6 heteroatoms. The van der Waals surface area contributed by atoms with Gasteiger partial charge in [0.2, 0.25) is 5.95 Å². The molecule has 0 radical (unpaired) electrons. The first-order valence-corrected chi connectivity index (χ1v) is 6.79. The topological polar surface area (TPSA) is 47.0 Å². The lowest BCUT2D eigenvalue weighted by molar-refractivity contribution is 0.129. The third kappa shape index (κ3) is 3.54. The molecule has 1 aromatic heterocycles. The van der Waals surface area contributed by atoms with Gasteiger partial charge in [0.1, 0.15) is 5.03 Å². The second-order valence-corrected chi connectivity index (χ2v) is 4.83. The Kier molecular flexibility index (Phi) is 4.56. The van der Waals surface area contributed by atoms with Crippen LogP contribution in [0.5, 0.6) is 0 Å². The zero-order valence-electron chi connectivity index (χ0n) is 9.78.